The Bertz CT molecular complexity index is 2790. The zero-order chi connectivity index (χ0) is 35.5. The molecule has 0 fully saturated rings. The summed E-state index contributed by atoms with van der Waals surface area (Å²) in [5, 5.41) is 2.60. The van der Waals surface area contributed by atoms with Gasteiger partial charge in [0, 0.05) is 42.5 Å². The van der Waals surface area contributed by atoms with Crippen LogP contribution in [0.5, 0.6) is 0 Å². The van der Waals surface area contributed by atoms with Crippen molar-refractivity contribution in [2.75, 3.05) is 4.90 Å². The average Bonchev–Trinajstić information content (AvgIpc) is 3.70. The van der Waals surface area contributed by atoms with Gasteiger partial charge in [-0.15, -0.1) is 11.3 Å². The van der Waals surface area contributed by atoms with Crippen LogP contribution in [0.2, 0.25) is 0 Å². The van der Waals surface area contributed by atoms with E-state index in [1.54, 1.807) is 0 Å². The number of anilines is 3. The fourth-order valence-corrected chi connectivity index (χ4v) is 9.43. The molecule has 0 radical (unpaired) electrons. The van der Waals surface area contributed by atoms with Crippen molar-refractivity contribution < 1.29 is 0 Å². The fourth-order valence-electron chi connectivity index (χ4n) is 8.34. The molecule has 1 nitrogen and oxygen atoms in total. The highest BCUT2D eigenvalue weighted by molar-refractivity contribution is 7.25. The first-order valence-electron chi connectivity index (χ1n) is 18.3. The van der Waals surface area contributed by atoms with Gasteiger partial charge in [0.15, 0.2) is 0 Å². The maximum atomic E-state index is 2.47. The van der Waals surface area contributed by atoms with E-state index in [1.807, 2.05) is 11.3 Å². The third kappa shape index (κ3) is 5.29. The number of fused-ring (bicyclic) bond motifs is 6. The van der Waals surface area contributed by atoms with E-state index in [0.29, 0.717) is 0 Å². The Kier molecular flexibility index (Phi) is 7.42. The standard InChI is InChI=1S/C51H37NS/c1-51(2)46-31-38(36-23-21-35(22-24-36)34-13-5-3-6-14-34)25-28-42(46)43-29-26-40(33-47(43)51)52(48-19-11-9-17-41(48)37-15-7-4-8-16-37)39-27-30-50-45(32-39)44-18-10-12-20-49(44)53-50/h3-33H,1-2H3. The van der Waals surface area contributed by atoms with Gasteiger partial charge >= 0.3 is 0 Å². The molecule has 53 heavy (non-hydrogen) atoms. The minimum atomic E-state index is -0.182. The Hall–Kier alpha value is -6.22. The van der Waals surface area contributed by atoms with Gasteiger partial charge in [-0.3, -0.25) is 0 Å². The second-order valence-electron chi connectivity index (χ2n) is 14.6. The van der Waals surface area contributed by atoms with Gasteiger partial charge in [-0.25, -0.2) is 0 Å². The molecule has 2 heteroatoms. The van der Waals surface area contributed by atoms with E-state index in [0.717, 1.165) is 17.1 Å². The van der Waals surface area contributed by atoms with Crippen LogP contribution >= 0.6 is 11.3 Å². The first-order valence-corrected chi connectivity index (χ1v) is 19.2. The largest absolute Gasteiger partial charge is 0.310 e. The van der Waals surface area contributed by atoms with Gasteiger partial charge < -0.3 is 4.90 Å². The zero-order valence-electron chi connectivity index (χ0n) is 29.8. The first kappa shape index (κ1) is 31.5. The highest BCUT2D eigenvalue weighted by atomic mass is 32.1. The van der Waals surface area contributed by atoms with Gasteiger partial charge in [0.05, 0.1) is 5.69 Å². The van der Waals surface area contributed by atoms with E-state index in [9.17, 15) is 0 Å². The van der Waals surface area contributed by atoms with Gasteiger partial charge in [0.1, 0.15) is 0 Å². The maximum absolute atomic E-state index is 2.47. The third-order valence-electron chi connectivity index (χ3n) is 11.1. The molecule has 0 atom stereocenters. The molecule has 0 saturated carbocycles. The summed E-state index contributed by atoms with van der Waals surface area (Å²) in [6.07, 6.45) is 0. The second kappa shape index (κ2) is 12.5. The van der Waals surface area contributed by atoms with Crippen LogP contribution in [0.1, 0.15) is 25.0 Å². The highest BCUT2D eigenvalue weighted by Gasteiger charge is 2.36. The Labute approximate surface area is 315 Å². The lowest BCUT2D eigenvalue weighted by Gasteiger charge is -2.30. The molecule has 1 heterocycles. The van der Waals surface area contributed by atoms with Crippen molar-refractivity contribution in [3.63, 3.8) is 0 Å². The molecule has 252 valence electrons. The van der Waals surface area contributed by atoms with Crippen LogP contribution in [0.3, 0.4) is 0 Å². The van der Waals surface area contributed by atoms with Crippen LogP contribution in [0.25, 0.3) is 64.7 Å². The van der Waals surface area contributed by atoms with Crippen molar-refractivity contribution >= 4 is 48.6 Å². The molecule has 0 N–H and O–H groups in total. The molecule has 8 aromatic carbocycles. The van der Waals surface area contributed by atoms with Gasteiger partial charge in [-0.2, -0.15) is 0 Å². The van der Waals surface area contributed by atoms with Crippen LogP contribution < -0.4 is 4.90 Å². The summed E-state index contributed by atoms with van der Waals surface area (Å²) in [6.45, 7) is 4.77. The minimum Gasteiger partial charge on any atom is -0.310 e. The van der Waals surface area contributed by atoms with Gasteiger partial charge in [0.2, 0.25) is 0 Å². The zero-order valence-corrected chi connectivity index (χ0v) is 30.6. The second-order valence-corrected chi connectivity index (χ2v) is 15.6. The van der Waals surface area contributed by atoms with Crippen molar-refractivity contribution in [2.24, 2.45) is 0 Å². The Morgan fingerprint density at radius 1 is 0.377 bits per heavy atom. The lowest BCUT2D eigenvalue weighted by Crippen LogP contribution is -2.17. The van der Waals surface area contributed by atoms with E-state index < -0.39 is 0 Å². The van der Waals surface area contributed by atoms with Crippen LogP contribution in [0, 0.1) is 0 Å². The summed E-state index contributed by atoms with van der Waals surface area (Å²) in [6, 6.07) is 69.1. The Morgan fingerprint density at radius 3 is 1.68 bits per heavy atom. The van der Waals surface area contributed by atoms with Crippen LogP contribution in [0.4, 0.5) is 17.1 Å². The monoisotopic (exact) mass is 695 g/mol. The molecule has 0 unspecified atom stereocenters. The minimum absolute atomic E-state index is 0.182. The van der Waals surface area contributed by atoms with Crippen molar-refractivity contribution in [2.45, 2.75) is 19.3 Å². The number of para-hydroxylation sites is 1. The molecule has 0 bridgehead atoms. The van der Waals surface area contributed by atoms with Crippen molar-refractivity contribution in [1.82, 2.24) is 0 Å². The number of hydrogen-bond acceptors (Lipinski definition) is 2. The first-order chi connectivity index (χ1) is 26.0. The van der Waals surface area contributed by atoms with E-state index in [1.165, 1.54) is 75.8 Å². The molecule has 1 aliphatic carbocycles. The summed E-state index contributed by atoms with van der Waals surface area (Å²) in [5.41, 5.74) is 16.0. The van der Waals surface area contributed by atoms with Gasteiger partial charge in [-0.05, 0) is 98.6 Å². The molecule has 10 rings (SSSR count). The molecule has 1 aliphatic rings. The molecular weight excluding hydrogens is 659 g/mol. The van der Waals surface area contributed by atoms with E-state index in [2.05, 4.69) is 207 Å². The number of benzene rings is 8. The Morgan fingerprint density at radius 2 is 0.906 bits per heavy atom. The quantitative estimate of drug-likeness (QED) is 0.167. The smallest absolute Gasteiger partial charge is 0.0540 e. The summed E-state index contributed by atoms with van der Waals surface area (Å²) >= 11 is 1.86. The summed E-state index contributed by atoms with van der Waals surface area (Å²) < 4.78 is 2.63. The van der Waals surface area contributed by atoms with Crippen LogP contribution in [-0.4, -0.2) is 0 Å². The van der Waals surface area contributed by atoms with Crippen molar-refractivity contribution in [3.8, 4) is 44.5 Å². The molecule has 1 aromatic heterocycles. The number of nitrogens with zero attached hydrogens (tertiary/aromatic N) is 1. The lowest BCUT2D eigenvalue weighted by molar-refractivity contribution is 0.660. The van der Waals surface area contributed by atoms with Gasteiger partial charge in [0.25, 0.3) is 0 Å². The highest BCUT2D eigenvalue weighted by Crippen LogP contribution is 2.52. The van der Waals surface area contributed by atoms with Crippen molar-refractivity contribution in [3.05, 3.63) is 199 Å². The lowest BCUT2D eigenvalue weighted by atomic mass is 9.81. The van der Waals surface area contributed by atoms with Crippen molar-refractivity contribution in [1.29, 1.82) is 0 Å². The maximum Gasteiger partial charge on any atom is 0.0540 e. The predicted molar refractivity (Wildman–Crippen MR) is 228 cm³/mol. The molecular formula is C51H37NS. The number of rotatable bonds is 6. The Balaban J connectivity index is 1.10. The number of thiophene rings is 1. The van der Waals surface area contributed by atoms with Gasteiger partial charge in [-0.1, -0.05) is 153 Å². The molecule has 0 amide bonds. The predicted octanol–water partition coefficient (Wildman–Crippen LogP) is 14.8. The normalized spacial score (nSPS) is 12.9. The summed E-state index contributed by atoms with van der Waals surface area (Å²) in [7, 11) is 0. The van der Waals surface area contributed by atoms with E-state index >= 15 is 0 Å². The molecule has 0 spiro atoms. The van der Waals surface area contributed by atoms with Crippen LogP contribution in [-0.2, 0) is 5.41 Å². The SMILES string of the molecule is CC1(C)c2cc(-c3ccc(-c4ccccc4)cc3)ccc2-c2ccc(N(c3ccc4sc5ccccc5c4c3)c3ccccc3-c3ccccc3)cc21. The average molecular weight is 696 g/mol. The van der Waals surface area contributed by atoms with E-state index in [4.69, 9.17) is 0 Å². The summed E-state index contributed by atoms with van der Waals surface area (Å²) in [4.78, 5) is 2.47. The molecule has 0 saturated heterocycles. The fraction of sp³-hybridized carbons (Fsp3) is 0.0588. The van der Waals surface area contributed by atoms with Crippen LogP contribution in [0.15, 0.2) is 188 Å². The topological polar surface area (TPSA) is 3.24 Å². The summed E-state index contributed by atoms with van der Waals surface area (Å²) in [5.74, 6) is 0. The van der Waals surface area contributed by atoms with E-state index in [-0.39, 0.29) is 5.41 Å². The number of hydrogen-bond donors (Lipinski definition) is 0. The molecule has 0 aliphatic heterocycles. The molecule has 9 aromatic rings. The third-order valence-corrected chi connectivity index (χ3v) is 12.2.